The van der Waals surface area contributed by atoms with E-state index < -0.39 is 15.7 Å². The average molecular weight is 569 g/mol. The van der Waals surface area contributed by atoms with E-state index in [1.54, 1.807) is 18.6 Å². The van der Waals surface area contributed by atoms with Gasteiger partial charge in [0, 0.05) is 46.5 Å². The molecule has 0 atom stereocenters. The molecule has 0 bridgehead atoms. The SMILES string of the molecule is CC(C)Nc1cncc(-c2cc3c(-c4cc5c(-c6cc(F)cc(CCS(C)(=O)=O)c6)cccc5[nH]4)n[nH]c3cn2)c1. The van der Waals surface area contributed by atoms with Crippen LogP contribution in [0.3, 0.4) is 0 Å². The van der Waals surface area contributed by atoms with Crippen LogP contribution in [0.2, 0.25) is 0 Å². The predicted octanol–water partition coefficient (Wildman–Crippen LogP) is 6.38. The first kappa shape index (κ1) is 26.6. The molecule has 3 N–H and O–H groups in total. The van der Waals surface area contributed by atoms with Gasteiger partial charge in [0.15, 0.2) is 0 Å². The summed E-state index contributed by atoms with van der Waals surface area (Å²) in [6, 6.07) is 16.8. The summed E-state index contributed by atoms with van der Waals surface area (Å²) in [6.07, 6.45) is 6.78. The Kier molecular flexibility index (Phi) is 6.78. The van der Waals surface area contributed by atoms with Gasteiger partial charge in [0.2, 0.25) is 0 Å². The number of rotatable bonds is 8. The van der Waals surface area contributed by atoms with Gasteiger partial charge >= 0.3 is 0 Å². The predicted molar refractivity (Wildman–Crippen MR) is 162 cm³/mol. The minimum atomic E-state index is -3.16. The number of fused-ring (bicyclic) bond motifs is 2. The molecule has 0 aliphatic heterocycles. The van der Waals surface area contributed by atoms with Gasteiger partial charge < -0.3 is 10.3 Å². The Bertz CT molecular complexity index is 2010. The van der Waals surface area contributed by atoms with Crippen molar-refractivity contribution < 1.29 is 12.8 Å². The minimum Gasteiger partial charge on any atom is -0.382 e. The van der Waals surface area contributed by atoms with Crippen molar-refractivity contribution in [2.75, 3.05) is 17.3 Å². The zero-order valence-electron chi connectivity index (χ0n) is 22.9. The van der Waals surface area contributed by atoms with Gasteiger partial charge in [-0.05, 0) is 73.4 Å². The maximum atomic E-state index is 14.6. The first-order chi connectivity index (χ1) is 19.6. The van der Waals surface area contributed by atoms with E-state index in [1.807, 2.05) is 42.5 Å². The monoisotopic (exact) mass is 568 g/mol. The number of anilines is 1. The molecular weight excluding hydrogens is 539 g/mol. The molecule has 208 valence electrons. The third-order valence-electron chi connectivity index (χ3n) is 6.89. The summed E-state index contributed by atoms with van der Waals surface area (Å²) in [7, 11) is -3.16. The maximum Gasteiger partial charge on any atom is 0.147 e. The zero-order valence-corrected chi connectivity index (χ0v) is 23.7. The number of H-pyrrole nitrogens is 2. The molecule has 0 aliphatic rings. The van der Waals surface area contributed by atoms with E-state index in [1.165, 1.54) is 18.4 Å². The third-order valence-corrected chi connectivity index (χ3v) is 7.83. The lowest BCUT2D eigenvalue weighted by atomic mass is 9.98. The number of aromatic amines is 2. The Balaban J connectivity index is 1.40. The summed E-state index contributed by atoms with van der Waals surface area (Å²) in [5.74, 6) is -0.439. The summed E-state index contributed by atoms with van der Waals surface area (Å²) < 4.78 is 37.9. The lowest BCUT2D eigenvalue weighted by Gasteiger charge is -2.10. The maximum absolute atomic E-state index is 14.6. The van der Waals surface area contributed by atoms with E-state index in [9.17, 15) is 12.8 Å². The summed E-state index contributed by atoms with van der Waals surface area (Å²) >= 11 is 0. The fourth-order valence-corrected chi connectivity index (χ4v) is 5.67. The molecule has 0 radical (unpaired) electrons. The molecule has 6 rings (SSSR count). The first-order valence-electron chi connectivity index (χ1n) is 13.3. The smallest absolute Gasteiger partial charge is 0.147 e. The Morgan fingerprint density at radius 2 is 1.80 bits per heavy atom. The Morgan fingerprint density at radius 1 is 0.951 bits per heavy atom. The molecule has 0 saturated heterocycles. The minimum absolute atomic E-state index is 0.0356. The van der Waals surface area contributed by atoms with Crippen LogP contribution in [-0.4, -0.2) is 51.6 Å². The van der Waals surface area contributed by atoms with Gasteiger partial charge in [-0.3, -0.25) is 15.1 Å². The van der Waals surface area contributed by atoms with Gasteiger partial charge in [0.25, 0.3) is 0 Å². The molecule has 2 aromatic carbocycles. The normalized spacial score (nSPS) is 12.0. The third kappa shape index (κ3) is 5.69. The number of nitrogens with zero attached hydrogens (tertiary/aromatic N) is 3. The molecule has 41 heavy (non-hydrogen) atoms. The van der Waals surface area contributed by atoms with Crippen molar-refractivity contribution in [3.8, 4) is 33.8 Å². The molecule has 0 fully saturated rings. The number of pyridine rings is 2. The van der Waals surface area contributed by atoms with E-state index in [4.69, 9.17) is 0 Å². The van der Waals surface area contributed by atoms with Gasteiger partial charge in [-0.2, -0.15) is 5.10 Å². The molecule has 0 aliphatic carbocycles. The van der Waals surface area contributed by atoms with Crippen LogP contribution in [0.4, 0.5) is 10.1 Å². The van der Waals surface area contributed by atoms with E-state index in [2.05, 4.69) is 44.3 Å². The number of halogens is 1. The van der Waals surface area contributed by atoms with Gasteiger partial charge in [-0.1, -0.05) is 18.2 Å². The van der Waals surface area contributed by atoms with Crippen LogP contribution in [0, 0.1) is 5.82 Å². The second-order valence-corrected chi connectivity index (χ2v) is 12.9. The Hall–Kier alpha value is -4.57. The van der Waals surface area contributed by atoms with E-state index >= 15 is 0 Å². The van der Waals surface area contributed by atoms with Gasteiger partial charge in [0.1, 0.15) is 21.3 Å². The molecule has 0 saturated carbocycles. The highest BCUT2D eigenvalue weighted by Crippen LogP contribution is 2.35. The highest BCUT2D eigenvalue weighted by Gasteiger charge is 2.16. The van der Waals surface area contributed by atoms with Gasteiger partial charge in [-0.25, -0.2) is 12.8 Å². The molecule has 0 amide bonds. The highest BCUT2D eigenvalue weighted by atomic mass is 32.2. The molecule has 10 heteroatoms. The molecule has 6 aromatic rings. The fourth-order valence-electron chi connectivity index (χ4n) is 5.06. The largest absolute Gasteiger partial charge is 0.382 e. The van der Waals surface area contributed by atoms with Crippen molar-refractivity contribution in [1.82, 2.24) is 25.1 Å². The fraction of sp³-hybridized carbons (Fsp3) is 0.194. The molecule has 4 aromatic heterocycles. The molecule has 8 nitrogen and oxygen atoms in total. The molecule has 4 heterocycles. The van der Waals surface area contributed by atoms with Crippen LogP contribution in [0.5, 0.6) is 0 Å². The van der Waals surface area contributed by atoms with Crippen molar-refractivity contribution >= 4 is 37.3 Å². The van der Waals surface area contributed by atoms with Crippen molar-refractivity contribution in [3.05, 3.63) is 84.6 Å². The summed E-state index contributed by atoms with van der Waals surface area (Å²) in [5, 5.41) is 12.8. The second kappa shape index (κ2) is 10.4. The van der Waals surface area contributed by atoms with Gasteiger partial charge in [-0.15, -0.1) is 0 Å². The van der Waals surface area contributed by atoms with E-state index in [0.29, 0.717) is 11.1 Å². The second-order valence-electron chi connectivity index (χ2n) is 10.6. The van der Waals surface area contributed by atoms with Gasteiger partial charge in [0.05, 0.1) is 34.5 Å². The van der Waals surface area contributed by atoms with Crippen molar-refractivity contribution in [3.63, 3.8) is 0 Å². The number of hydrogen-bond donors (Lipinski definition) is 3. The van der Waals surface area contributed by atoms with Crippen LogP contribution in [0.25, 0.3) is 55.6 Å². The van der Waals surface area contributed by atoms with Crippen molar-refractivity contribution in [2.24, 2.45) is 0 Å². The highest BCUT2D eigenvalue weighted by molar-refractivity contribution is 7.90. The Morgan fingerprint density at radius 3 is 2.61 bits per heavy atom. The van der Waals surface area contributed by atoms with Crippen LogP contribution in [-0.2, 0) is 16.3 Å². The summed E-state index contributed by atoms with van der Waals surface area (Å²) in [6.45, 7) is 4.15. The van der Waals surface area contributed by atoms with Crippen molar-refractivity contribution in [2.45, 2.75) is 26.3 Å². The average Bonchev–Trinajstić information content (AvgIpc) is 3.54. The topological polar surface area (TPSA) is 116 Å². The van der Waals surface area contributed by atoms with Crippen LogP contribution in [0.1, 0.15) is 19.4 Å². The number of aromatic nitrogens is 5. The summed E-state index contributed by atoms with van der Waals surface area (Å²) in [5.41, 5.74) is 7.97. The number of aryl methyl sites for hydroxylation is 1. The number of sulfone groups is 1. The Labute approximate surface area is 237 Å². The van der Waals surface area contributed by atoms with E-state index in [-0.39, 0.29) is 18.2 Å². The number of benzene rings is 2. The summed E-state index contributed by atoms with van der Waals surface area (Å²) in [4.78, 5) is 12.5. The quantitative estimate of drug-likeness (QED) is 0.196. The van der Waals surface area contributed by atoms with Crippen LogP contribution < -0.4 is 5.32 Å². The lowest BCUT2D eigenvalue weighted by Crippen LogP contribution is -2.09. The number of nitrogens with one attached hydrogen (secondary N) is 3. The standard InChI is InChI=1S/C31H29FN6O2S/c1-18(2)35-23-12-21(15-33-16-23)28-14-26-30(17-34-28)37-38-31(26)29-13-25-24(5-4-6-27(25)36-29)20-9-19(10-22(32)11-20)7-8-41(3,39)40/h4-6,9-18,35-36H,7-8H2,1-3H3,(H,37,38). The lowest BCUT2D eigenvalue weighted by molar-refractivity contribution is 0.600. The molecule has 0 spiro atoms. The molecular formula is C31H29FN6O2S. The van der Waals surface area contributed by atoms with Crippen LogP contribution in [0.15, 0.2) is 73.2 Å². The van der Waals surface area contributed by atoms with Crippen molar-refractivity contribution in [1.29, 1.82) is 0 Å². The van der Waals surface area contributed by atoms with E-state index in [0.717, 1.165) is 55.7 Å². The van der Waals surface area contributed by atoms with Crippen LogP contribution >= 0.6 is 0 Å². The zero-order chi connectivity index (χ0) is 28.7. The first-order valence-corrected chi connectivity index (χ1v) is 15.3. The number of hydrogen-bond acceptors (Lipinski definition) is 6. The molecule has 0 unspecified atom stereocenters.